The summed E-state index contributed by atoms with van der Waals surface area (Å²) in [7, 11) is -1.26. The second kappa shape index (κ2) is 5.83. The Morgan fingerprint density at radius 1 is 1.19 bits per heavy atom. The van der Waals surface area contributed by atoms with Gasteiger partial charge in [0.05, 0.1) is 29.9 Å². The molecule has 5 nitrogen and oxygen atoms in total. The lowest BCUT2D eigenvalue weighted by Crippen LogP contribution is -2.44. The zero-order valence-corrected chi connectivity index (χ0v) is 13.3. The van der Waals surface area contributed by atoms with Gasteiger partial charge in [-0.3, -0.25) is 9.29 Å². The molecule has 0 radical (unpaired) electrons. The van der Waals surface area contributed by atoms with Crippen molar-refractivity contribution in [1.29, 1.82) is 0 Å². The molecule has 6 heteroatoms. The van der Waals surface area contributed by atoms with E-state index in [0.29, 0.717) is 12.5 Å². The standard InChI is InChI=1S/C15H23N3O2S/c1-17-9-10-18(15-11-16-8-7-14(15)17)21(19,20)12-13-5-3-2-4-6-13/h7-8,11,13H,2-6,9-10,12H2,1H3. The van der Waals surface area contributed by atoms with Crippen molar-refractivity contribution in [3.63, 3.8) is 0 Å². The number of likely N-dealkylation sites (N-methyl/N-ethyl adjacent to an activating group) is 1. The lowest BCUT2D eigenvalue weighted by molar-refractivity contribution is 0.384. The van der Waals surface area contributed by atoms with Gasteiger partial charge in [0.2, 0.25) is 10.0 Å². The SMILES string of the molecule is CN1CCN(S(=O)(=O)CC2CCCCC2)c2cnccc21. The number of pyridine rings is 1. The molecule has 1 aliphatic carbocycles. The van der Waals surface area contributed by atoms with E-state index in [4.69, 9.17) is 0 Å². The molecule has 1 saturated carbocycles. The lowest BCUT2D eigenvalue weighted by Gasteiger charge is -2.36. The molecule has 1 fully saturated rings. The maximum Gasteiger partial charge on any atom is 0.235 e. The van der Waals surface area contributed by atoms with Gasteiger partial charge in [-0.1, -0.05) is 19.3 Å². The molecular weight excluding hydrogens is 286 g/mol. The van der Waals surface area contributed by atoms with Gasteiger partial charge in [-0.05, 0) is 24.8 Å². The van der Waals surface area contributed by atoms with E-state index in [2.05, 4.69) is 9.88 Å². The molecule has 0 aromatic carbocycles. The number of hydrogen-bond donors (Lipinski definition) is 0. The van der Waals surface area contributed by atoms with Gasteiger partial charge in [-0.25, -0.2) is 8.42 Å². The molecule has 2 heterocycles. The zero-order valence-electron chi connectivity index (χ0n) is 12.5. The van der Waals surface area contributed by atoms with E-state index in [1.165, 1.54) is 19.3 Å². The van der Waals surface area contributed by atoms with E-state index in [9.17, 15) is 8.42 Å². The van der Waals surface area contributed by atoms with Gasteiger partial charge >= 0.3 is 0 Å². The molecule has 0 N–H and O–H groups in total. The Balaban J connectivity index is 1.84. The summed E-state index contributed by atoms with van der Waals surface area (Å²) in [5, 5.41) is 0. The molecular formula is C15H23N3O2S. The normalized spacial score (nSPS) is 20.4. The summed E-state index contributed by atoms with van der Waals surface area (Å²) in [5.74, 6) is 0.605. The van der Waals surface area contributed by atoms with Crippen molar-refractivity contribution in [1.82, 2.24) is 4.98 Å². The molecule has 0 unspecified atom stereocenters. The summed E-state index contributed by atoms with van der Waals surface area (Å²) in [6.45, 7) is 1.24. The predicted molar refractivity (Wildman–Crippen MR) is 85.2 cm³/mol. The molecule has 2 aliphatic rings. The summed E-state index contributed by atoms with van der Waals surface area (Å²) >= 11 is 0. The van der Waals surface area contributed by atoms with Crippen molar-refractivity contribution < 1.29 is 8.42 Å². The molecule has 3 rings (SSSR count). The quantitative estimate of drug-likeness (QED) is 0.859. The van der Waals surface area contributed by atoms with E-state index in [-0.39, 0.29) is 5.75 Å². The highest BCUT2D eigenvalue weighted by Crippen LogP contribution is 2.34. The number of anilines is 2. The van der Waals surface area contributed by atoms with Crippen LogP contribution in [0.2, 0.25) is 0 Å². The van der Waals surface area contributed by atoms with Crippen LogP contribution in [0.1, 0.15) is 32.1 Å². The number of rotatable bonds is 3. The maximum atomic E-state index is 12.8. The van der Waals surface area contributed by atoms with Crippen LogP contribution in [0, 0.1) is 5.92 Å². The van der Waals surface area contributed by atoms with Crippen molar-refractivity contribution in [2.75, 3.05) is 35.1 Å². The molecule has 0 amide bonds. The third-order valence-electron chi connectivity index (χ3n) is 4.60. The molecule has 1 aromatic heterocycles. The first-order valence-electron chi connectivity index (χ1n) is 7.73. The van der Waals surface area contributed by atoms with Crippen molar-refractivity contribution in [3.05, 3.63) is 18.5 Å². The summed E-state index contributed by atoms with van der Waals surface area (Å²) < 4.78 is 27.2. The Labute approximate surface area is 127 Å². The van der Waals surface area contributed by atoms with Gasteiger partial charge in [-0.15, -0.1) is 0 Å². The molecule has 1 aliphatic heterocycles. The molecule has 21 heavy (non-hydrogen) atoms. The van der Waals surface area contributed by atoms with Gasteiger partial charge in [0.25, 0.3) is 0 Å². The van der Waals surface area contributed by atoms with Crippen molar-refractivity contribution in [2.45, 2.75) is 32.1 Å². The molecule has 0 atom stereocenters. The highest BCUT2D eigenvalue weighted by atomic mass is 32.2. The summed E-state index contributed by atoms with van der Waals surface area (Å²) in [6.07, 6.45) is 9.07. The summed E-state index contributed by atoms with van der Waals surface area (Å²) in [6, 6.07) is 1.89. The second-order valence-corrected chi connectivity index (χ2v) is 8.08. The number of sulfonamides is 1. The van der Waals surface area contributed by atoms with Crippen LogP contribution in [-0.4, -0.2) is 39.3 Å². The monoisotopic (exact) mass is 309 g/mol. The first-order valence-corrected chi connectivity index (χ1v) is 9.34. The Morgan fingerprint density at radius 2 is 1.95 bits per heavy atom. The largest absolute Gasteiger partial charge is 0.371 e. The summed E-state index contributed by atoms with van der Waals surface area (Å²) in [4.78, 5) is 6.20. The molecule has 0 bridgehead atoms. The molecule has 116 valence electrons. The number of fused-ring (bicyclic) bond motifs is 1. The van der Waals surface area contributed by atoms with Gasteiger partial charge in [0.1, 0.15) is 0 Å². The smallest absolute Gasteiger partial charge is 0.235 e. The highest BCUT2D eigenvalue weighted by molar-refractivity contribution is 7.92. The zero-order chi connectivity index (χ0) is 14.9. The fraction of sp³-hybridized carbons (Fsp3) is 0.667. The van der Waals surface area contributed by atoms with Crippen LogP contribution in [-0.2, 0) is 10.0 Å². The Hall–Kier alpha value is -1.30. The third kappa shape index (κ3) is 3.00. The average Bonchev–Trinajstić information content (AvgIpc) is 2.48. The van der Waals surface area contributed by atoms with Gasteiger partial charge in [-0.2, -0.15) is 0 Å². The molecule has 0 spiro atoms. The minimum atomic E-state index is -3.25. The van der Waals surface area contributed by atoms with Crippen LogP contribution in [0.3, 0.4) is 0 Å². The topological polar surface area (TPSA) is 53.5 Å². The lowest BCUT2D eigenvalue weighted by atomic mass is 9.91. The predicted octanol–water partition coefficient (Wildman–Crippen LogP) is 2.25. The molecule has 0 saturated heterocycles. The van der Waals surface area contributed by atoms with E-state index in [0.717, 1.165) is 30.8 Å². The third-order valence-corrected chi connectivity index (χ3v) is 6.55. The van der Waals surface area contributed by atoms with Gasteiger partial charge in [0.15, 0.2) is 0 Å². The van der Waals surface area contributed by atoms with Crippen molar-refractivity contribution >= 4 is 21.4 Å². The molecule has 1 aromatic rings. The van der Waals surface area contributed by atoms with Crippen LogP contribution < -0.4 is 9.21 Å². The minimum absolute atomic E-state index is 0.283. The fourth-order valence-corrected chi connectivity index (χ4v) is 5.32. The van der Waals surface area contributed by atoms with Crippen LogP contribution in [0.15, 0.2) is 18.5 Å². The van der Waals surface area contributed by atoms with Crippen LogP contribution in [0.25, 0.3) is 0 Å². The van der Waals surface area contributed by atoms with Crippen LogP contribution in [0.5, 0.6) is 0 Å². The highest BCUT2D eigenvalue weighted by Gasteiger charge is 2.32. The van der Waals surface area contributed by atoms with E-state index >= 15 is 0 Å². The Kier molecular flexibility index (Phi) is 4.06. The van der Waals surface area contributed by atoms with Crippen molar-refractivity contribution in [3.8, 4) is 0 Å². The first kappa shape index (κ1) is 14.6. The van der Waals surface area contributed by atoms with Gasteiger partial charge < -0.3 is 4.90 Å². The minimum Gasteiger partial charge on any atom is -0.371 e. The Morgan fingerprint density at radius 3 is 2.71 bits per heavy atom. The first-order chi connectivity index (χ1) is 10.1. The average molecular weight is 309 g/mol. The Bertz CT molecular complexity index is 597. The maximum absolute atomic E-state index is 12.8. The number of hydrogen-bond acceptors (Lipinski definition) is 4. The number of nitrogens with zero attached hydrogens (tertiary/aromatic N) is 3. The van der Waals surface area contributed by atoms with E-state index < -0.39 is 10.0 Å². The fourth-order valence-electron chi connectivity index (χ4n) is 3.41. The van der Waals surface area contributed by atoms with E-state index in [1.54, 1.807) is 16.7 Å². The van der Waals surface area contributed by atoms with Gasteiger partial charge in [0, 0.05) is 19.8 Å². The van der Waals surface area contributed by atoms with Crippen molar-refractivity contribution in [2.24, 2.45) is 5.92 Å². The van der Waals surface area contributed by atoms with Crippen LogP contribution in [0.4, 0.5) is 11.4 Å². The van der Waals surface area contributed by atoms with Crippen LogP contribution >= 0.6 is 0 Å². The van der Waals surface area contributed by atoms with E-state index in [1.807, 2.05) is 13.1 Å². The summed E-state index contributed by atoms with van der Waals surface area (Å²) in [5.41, 5.74) is 1.67. The second-order valence-electron chi connectivity index (χ2n) is 6.14. The number of aromatic nitrogens is 1.